The Hall–Kier alpha value is -1.95. The number of amides is 1. The molecule has 0 saturated carbocycles. The number of fused-ring (bicyclic) bond motifs is 1. The summed E-state index contributed by atoms with van der Waals surface area (Å²) in [4.78, 5) is 21.7. The predicted molar refractivity (Wildman–Crippen MR) is 72.6 cm³/mol. The molecule has 2 rings (SSSR count). The van der Waals surface area contributed by atoms with E-state index in [0.717, 1.165) is 5.39 Å². The van der Waals surface area contributed by atoms with Gasteiger partial charge < -0.3 is 5.32 Å². The van der Waals surface area contributed by atoms with Crippen LogP contribution in [0.5, 0.6) is 0 Å². The molecule has 0 bridgehead atoms. The topological polar surface area (TPSA) is 72.2 Å². The Morgan fingerprint density at radius 1 is 1.33 bits per heavy atom. The monoisotopic (exact) mass is 308 g/mol. The molecule has 92 valence electrons. The van der Waals surface area contributed by atoms with E-state index in [4.69, 9.17) is 0 Å². The van der Waals surface area contributed by atoms with Crippen LogP contribution < -0.4 is 5.32 Å². The van der Waals surface area contributed by atoms with E-state index >= 15 is 0 Å². The third-order valence-corrected chi connectivity index (χ3v) is 3.13. The third-order valence-electron chi connectivity index (χ3n) is 2.47. The van der Waals surface area contributed by atoms with Gasteiger partial charge in [0.1, 0.15) is 5.69 Å². The number of nitrogens with zero attached hydrogens (tertiary/aromatic N) is 1. The van der Waals surface area contributed by atoms with Crippen molar-refractivity contribution in [3.05, 3.63) is 44.9 Å². The van der Waals surface area contributed by atoms with Gasteiger partial charge in [0.25, 0.3) is 5.69 Å². The molecular weight excluding hydrogens is 300 g/mol. The molecule has 0 saturated heterocycles. The van der Waals surface area contributed by atoms with Gasteiger partial charge in [-0.15, -0.1) is 0 Å². The van der Waals surface area contributed by atoms with Gasteiger partial charge in [0.2, 0.25) is 5.91 Å². The quantitative estimate of drug-likeness (QED) is 0.682. The number of nitro groups is 1. The van der Waals surface area contributed by atoms with Gasteiger partial charge in [0.15, 0.2) is 0 Å². The summed E-state index contributed by atoms with van der Waals surface area (Å²) in [7, 11) is 0. The number of rotatable bonds is 2. The molecule has 0 spiro atoms. The van der Waals surface area contributed by atoms with E-state index in [-0.39, 0.29) is 17.3 Å². The van der Waals surface area contributed by atoms with Crippen LogP contribution >= 0.6 is 15.9 Å². The molecule has 0 aliphatic carbocycles. The minimum Gasteiger partial charge on any atom is -0.320 e. The Labute approximate surface area is 111 Å². The summed E-state index contributed by atoms with van der Waals surface area (Å²) in [6.45, 7) is 1.32. The fraction of sp³-hybridized carbons (Fsp3) is 0.0833. The Morgan fingerprint density at radius 3 is 2.50 bits per heavy atom. The standard InChI is InChI=1S/C12H9BrN2O3/c1-7(16)14-12-9-5-3-2-4-8(9)10(13)6-11(12)15(17)18/h2-6H,1H3,(H,14,16). The van der Waals surface area contributed by atoms with Crippen LogP contribution in [0.1, 0.15) is 6.92 Å². The zero-order chi connectivity index (χ0) is 13.3. The van der Waals surface area contributed by atoms with E-state index in [1.54, 1.807) is 12.1 Å². The van der Waals surface area contributed by atoms with Crippen LogP contribution in [0.3, 0.4) is 0 Å². The maximum absolute atomic E-state index is 11.2. The highest BCUT2D eigenvalue weighted by Gasteiger charge is 2.19. The molecule has 0 aliphatic rings. The van der Waals surface area contributed by atoms with Crippen LogP contribution in [0.15, 0.2) is 34.8 Å². The summed E-state index contributed by atoms with van der Waals surface area (Å²) in [5, 5.41) is 15.0. The van der Waals surface area contributed by atoms with Crippen molar-refractivity contribution in [3.63, 3.8) is 0 Å². The highest BCUT2D eigenvalue weighted by molar-refractivity contribution is 9.10. The molecule has 0 fully saturated rings. The van der Waals surface area contributed by atoms with Gasteiger partial charge in [0.05, 0.1) is 4.92 Å². The maximum atomic E-state index is 11.2. The van der Waals surface area contributed by atoms with Crippen molar-refractivity contribution in [2.45, 2.75) is 6.92 Å². The van der Waals surface area contributed by atoms with E-state index in [0.29, 0.717) is 9.86 Å². The first-order valence-electron chi connectivity index (χ1n) is 5.14. The lowest BCUT2D eigenvalue weighted by Gasteiger charge is -2.09. The van der Waals surface area contributed by atoms with Crippen LogP contribution in [-0.2, 0) is 4.79 Å². The average molecular weight is 309 g/mol. The van der Waals surface area contributed by atoms with Crippen LogP contribution in [0.4, 0.5) is 11.4 Å². The van der Waals surface area contributed by atoms with E-state index in [2.05, 4.69) is 21.2 Å². The van der Waals surface area contributed by atoms with Crippen LogP contribution in [0, 0.1) is 10.1 Å². The summed E-state index contributed by atoms with van der Waals surface area (Å²) in [6, 6.07) is 8.56. The van der Waals surface area contributed by atoms with Crippen molar-refractivity contribution in [2.75, 3.05) is 5.32 Å². The van der Waals surface area contributed by atoms with E-state index in [1.165, 1.54) is 13.0 Å². The highest BCUT2D eigenvalue weighted by atomic mass is 79.9. The first-order chi connectivity index (χ1) is 8.50. The fourth-order valence-corrected chi connectivity index (χ4v) is 2.33. The van der Waals surface area contributed by atoms with Crippen molar-refractivity contribution >= 4 is 44.0 Å². The van der Waals surface area contributed by atoms with Gasteiger partial charge in [-0.05, 0) is 21.3 Å². The number of carbonyl (C=O) groups is 1. The Kier molecular flexibility index (Phi) is 3.29. The Balaban J connectivity index is 2.83. The molecule has 1 N–H and O–H groups in total. The number of hydrogen-bond donors (Lipinski definition) is 1. The smallest absolute Gasteiger partial charge is 0.294 e. The highest BCUT2D eigenvalue weighted by Crippen LogP contribution is 2.37. The van der Waals surface area contributed by atoms with Gasteiger partial charge in [-0.3, -0.25) is 14.9 Å². The van der Waals surface area contributed by atoms with E-state index in [1.807, 2.05) is 12.1 Å². The molecule has 0 aliphatic heterocycles. The van der Waals surface area contributed by atoms with Gasteiger partial charge in [-0.2, -0.15) is 0 Å². The lowest BCUT2D eigenvalue weighted by Crippen LogP contribution is -2.08. The molecule has 2 aromatic carbocycles. The number of benzene rings is 2. The van der Waals surface area contributed by atoms with Gasteiger partial charge >= 0.3 is 0 Å². The average Bonchev–Trinajstić information content (AvgIpc) is 2.32. The summed E-state index contributed by atoms with van der Waals surface area (Å²) in [5.41, 5.74) is 0.0991. The molecule has 0 aromatic heterocycles. The molecular formula is C12H9BrN2O3. The van der Waals surface area contributed by atoms with Gasteiger partial charge in [-0.1, -0.05) is 24.3 Å². The second kappa shape index (κ2) is 4.73. The van der Waals surface area contributed by atoms with Crippen molar-refractivity contribution in [2.24, 2.45) is 0 Å². The molecule has 2 aromatic rings. The first kappa shape index (κ1) is 12.5. The summed E-state index contributed by atoms with van der Waals surface area (Å²) < 4.78 is 0.624. The molecule has 0 atom stereocenters. The van der Waals surface area contributed by atoms with E-state index < -0.39 is 4.92 Å². The second-order valence-electron chi connectivity index (χ2n) is 3.74. The van der Waals surface area contributed by atoms with Crippen LogP contribution in [-0.4, -0.2) is 10.8 Å². The molecule has 0 unspecified atom stereocenters. The van der Waals surface area contributed by atoms with Crippen molar-refractivity contribution in [1.29, 1.82) is 0 Å². The molecule has 1 amide bonds. The second-order valence-corrected chi connectivity index (χ2v) is 4.59. The Morgan fingerprint density at radius 2 is 1.94 bits per heavy atom. The minimum atomic E-state index is -0.511. The van der Waals surface area contributed by atoms with Gasteiger partial charge in [-0.25, -0.2) is 0 Å². The number of anilines is 1. The summed E-state index contributed by atoms with van der Waals surface area (Å²) >= 11 is 3.30. The molecule has 0 radical (unpaired) electrons. The molecule has 5 nitrogen and oxygen atoms in total. The number of halogens is 1. The van der Waals surface area contributed by atoms with E-state index in [9.17, 15) is 14.9 Å². The number of hydrogen-bond acceptors (Lipinski definition) is 3. The molecule has 6 heteroatoms. The zero-order valence-electron chi connectivity index (χ0n) is 9.44. The van der Waals surface area contributed by atoms with Crippen LogP contribution in [0.25, 0.3) is 10.8 Å². The minimum absolute atomic E-state index is 0.129. The zero-order valence-corrected chi connectivity index (χ0v) is 11.0. The number of nitrogens with one attached hydrogen (secondary N) is 1. The lowest BCUT2D eigenvalue weighted by atomic mass is 10.1. The Bertz CT molecular complexity index is 655. The largest absolute Gasteiger partial charge is 0.320 e. The number of carbonyl (C=O) groups excluding carboxylic acids is 1. The lowest BCUT2D eigenvalue weighted by molar-refractivity contribution is -0.383. The number of nitro benzene ring substituents is 1. The third kappa shape index (κ3) is 2.19. The SMILES string of the molecule is CC(=O)Nc1c([N+](=O)[O-])cc(Br)c2ccccc12. The van der Waals surface area contributed by atoms with Crippen molar-refractivity contribution in [1.82, 2.24) is 0 Å². The fourth-order valence-electron chi connectivity index (χ4n) is 1.77. The van der Waals surface area contributed by atoms with Crippen molar-refractivity contribution in [3.8, 4) is 0 Å². The summed E-state index contributed by atoms with van der Waals surface area (Å²) in [6.07, 6.45) is 0. The predicted octanol–water partition coefficient (Wildman–Crippen LogP) is 3.47. The molecule has 18 heavy (non-hydrogen) atoms. The molecule has 0 heterocycles. The normalized spacial score (nSPS) is 10.3. The van der Waals surface area contributed by atoms with Gasteiger partial charge in [0, 0.05) is 22.8 Å². The van der Waals surface area contributed by atoms with Crippen LogP contribution in [0.2, 0.25) is 0 Å². The maximum Gasteiger partial charge on any atom is 0.294 e. The van der Waals surface area contributed by atoms with Crippen molar-refractivity contribution < 1.29 is 9.72 Å². The summed E-state index contributed by atoms with van der Waals surface area (Å²) in [5.74, 6) is -0.342. The first-order valence-corrected chi connectivity index (χ1v) is 5.93.